The van der Waals surface area contributed by atoms with E-state index in [-0.39, 0.29) is 17.7 Å². The van der Waals surface area contributed by atoms with Crippen LogP contribution in [-0.2, 0) is 16.6 Å². The number of nitrogens with one attached hydrogen (secondary N) is 1. The summed E-state index contributed by atoms with van der Waals surface area (Å²) < 4.78 is 24.1. The lowest BCUT2D eigenvalue weighted by Crippen LogP contribution is -2.38. The molecule has 1 atom stereocenters. The molecule has 0 saturated carbocycles. The number of para-hydroxylation sites is 1. The molecule has 2 heterocycles. The van der Waals surface area contributed by atoms with Crippen LogP contribution in [0.2, 0.25) is 0 Å². The molecule has 1 aromatic carbocycles. The summed E-state index contributed by atoms with van der Waals surface area (Å²) in [4.78, 5) is 13.9. The van der Waals surface area contributed by atoms with Crippen molar-refractivity contribution in [3.05, 3.63) is 47.8 Å². The zero-order chi connectivity index (χ0) is 18.7. The number of likely N-dealkylation sites (tertiary alicyclic amines) is 1. The molecule has 2 amide bonds. The van der Waals surface area contributed by atoms with E-state index in [9.17, 15) is 13.2 Å². The van der Waals surface area contributed by atoms with Gasteiger partial charge in [-0.25, -0.2) is 23.0 Å². The first-order chi connectivity index (χ1) is 12.3. The van der Waals surface area contributed by atoms with Crippen LogP contribution in [0, 0.1) is 12.8 Å². The molecule has 2 aromatic rings. The first kappa shape index (κ1) is 18.4. The summed E-state index contributed by atoms with van der Waals surface area (Å²) in [5, 5.41) is 12.3. The van der Waals surface area contributed by atoms with Gasteiger partial charge in [0.25, 0.3) is 0 Å². The van der Waals surface area contributed by atoms with E-state index in [0.717, 1.165) is 16.8 Å². The number of nitrogens with zero attached hydrogens (tertiary/aromatic N) is 3. The molecular formula is C17H23N5O3S. The predicted molar refractivity (Wildman–Crippen MR) is 98.2 cm³/mol. The number of hydrogen-bond acceptors (Lipinski definition) is 4. The molecule has 0 radical (unpaired) electrons. The lowest BCUT2D eigenvalue weighted by Gasteiger charge is -2.17. The fourth-order valence-corrected chi connectivity index (χ4v) is 4.10. The first-order valence-corrected chi connectivity index (χ1v) is 10.2. The molecular weight excluding hydrogens is 354 g/mol. The lowest BCUT2D eigenvalue weighted by molar-refractivity contribution is 0.207. The average molecular weight is 377 g/mol. The fourth-order valence-electron chi connectivity index (χ4n) is 3.17. The van der Waals surface area contributed by atoms with Crippen LogP contribution < -0.4 is 10.5 Å². The molecule has 0 unspecified atom stereocenters. The van der Waals surface area contributed by atoms with E-state index in [1.165, 1.54) is 0 Å². The largest absolute Gasteiger partial charge is 0.334 e. The highest BCUT2D eigenvalue weighted by Gasteiger charge is 2.28. The van der Waals surface area contributed by atoms with Gasteiger partial charge in [0, 0.05) is 31.4 Å². The second-order valence-electron chi connectivity index (χ2n) is 6.67. The van der Waals surface area contributed by atoms with E-state index >= 15 is 0 Å². The second kappa shape index (κ2) is 7.46. The van der Waals surface area contributed by atoms with Crippen molar-refractivity contribution in [2.45, 2.75) is 19.9 Å². The Bertz CT molecular complexity index is 893. The molecule has 0 aliphatic carbocycles. The standard InChI is InChI=1S/C17H23N5O3S/c1-13-4-2-3-5-16(13)22-11-15(9-20-22)8-19-17(23)21-7-6-14(10-21)12-26(18,24)25/h2-5,9,11,14H,6-8,10,12H2,1H3,(H,19,23)(H2,18,24,25)/t14-/m0/s1. The van der Waals surface area contributed by atoms with Crippen molar-refractivity contribution in [3.63, 3.8) is 0 Å². The van der Waals surface area contributed by atoms with Gasteiger partial charge in [-0.05, 0) is 30.9 Å². The van der Waals surface area contributed by atoms with E-state index in [1.54, 1.807) is 15.8 Å². The summed E-state index contributed by atoms with van der Waals surface area (Å²) in [6, 6.07) is 7.73. The average Bonchev–Trinajstić information content (AvgIpc) is 3.21. The van der Waals surface area contributed by atoms with Crippen molar-refractivity contribution in [2.24, 2.45) is 11.1 Å². The zero-order valence-corrected chi connectivity index (χ0v) is 15.4. The third kappa shape index (κ3) is 4.61. The van der Waals surface area contributed by atoms with Crippen LogP contribution in [0.5, 0.6) is 0 Å². The Morgan fingerprint density at radius 2 is 2.15 bits per heavy atom. The third-order valence-electron chi connectivity index (χ3n) is 4.48. The topological polar surface area (TPSA) is 110 Å². The summed E-state index contributed by atoms with van der Waals surface area (Å²) in [6.07, 6.45) is 4.26. The predicted octanol–water partition coefficient (Wildman–Crippen LogP) is 1.00. The maximum atomic E-state index is 12.3. The van der Waals surface area contributed by atoms with Gasteiger partial charge >= 0.3 is 6.03 Å². The van der Waals surface area contributed by atoms with Crippen molar-refractivity contribution in [1.29, 1.82) is 0 Å². The van der Waals surface area contributed by atoms with Gasteiger partial charge < -0.3 is 10.2 Å². The molecule has 1 saturated heterocycles. The number of nitrogens with two attached hydrogens (primary N) is 1. The van der Waals surface area contributed by atoms with Gasteiger partial charge in [0.15, 0.2) is 0 Å². The van der Waals surface area contributed by atoms with Crippen LogP contribution in [0.4, 0.5) is 4.79 Å². The van der Waals surface area contributed by atoms with Gasteiger partial charge in [-0.3, -0.25) is 0 Å². The van der Waals surface area contributed by atoms with Gasteiger partial charge in [0.2, 0.25) is 10.0 Å². The molecule has 8 nitrogen and oxygen atoms in total. The molecule has 1 aliphatic rings. The number of primary sulfonamides is 1. The van der Waals surface area contributed by atoms with Crippen LogP contribution in [0.1, 0.15) is 17.5 Å². The highest BCUT2D eigenvalue weighted by molar-refractivity contribution is 7.89. The monoisotopic (exact) mass is 377 g/mol. The molecule has 0 spiro atoms. The maximum Gasteiger partial charge on any atom is 0.317 e. The van der Waals surface area contributed by atoms with E-state index in [2.05, 4.69) is 10.4 Å². The number of hydrogen-bond donors (Lipinski definition) is 2. The first-order valence-electron chi connectivity index (χ1n) is 8.44. The highest BCUT2D eigenvalue weighted by Crippen LogP contribution is 2.17. The van der Waals surface area contributed by atoms with E-state index in [1.807, 2.05) is 37.4 Å². The number of rotatable bonds is 5. The Hall–Kier alpha value is -2.39. The number of sulfonamides is 1. The van der Waals surface area contributed by atoms with Crippen LogP contribution in [0.25, 0.3) is 5.69 Å². The minimum atomic E-state index is -3.51. The Labute approximate surface area is 153 Å². The second-order valence-corrected chi connectivity index (χ2v) is 8.33. The maximum absolute atomic E-state index is 12.3. The van der Waals surface area contributed by atoms with E-state index < -0.39 is 10.0 Å². The Morgan fingerprint density at radius 1 is 1.38 bits per heavy atom. The summed E-state index contributed by atoms with van der Waals surface area (Å²) in [6.45, 7) is 3.32. The number of amides is 2. The summed E-state index contributed by atoms with van der Waals surface area (Å²) in [5.74, 6) is -0.181. The Morgan fingerprint density at radius 3 is 2.88 bits per heavy atom. The number of carbonyl (C=O) groups excluding carboxylic acids is 1. The van der Waals surface area contributed by atoms with Gasteiger partial charge in [-0.15, -0.1) is 0 Å². The normalized spacial score (nSPS) is 17.5. The lowest BCUT2D eigenvalue weighted by atomic mass is 10.2. The van der Waals surface area contributed by atoms with Crippen molar-refractivity contribution in [3.8, 4) is 5.69 Å². The van der Waals surface area contributed by atoms with Crippen LogP contribution in [0.15, 0.2) is 36.7 Å². The van der Waals surface area contributed by atoms with Gasteiger partial charge in [-0.1, -0.05) is 18.2 Å². The zero-order valence-electron chi connectivity index (χ0n) is 14.6. The van der Waals surface area contributed by atoms with Crippen LogP contribution in [-0.4, -0.2) is 48.0 Å². The van der Waals surface area contributed by atoms with Crippen molar-refractivity contribution < 1.29 is 13.2 Å². The molecule has 3 N–H and O–H groups in total. The third-order valence-corrected chi connectivity index (χ3v) is 5.42. The fraction of sp³-hybridized carbons (Fsp3) is 0.412. The summed E-state index contributed by atoms with van der Waals surface area (Å²) >= 11 is 0. The molecule has 1 aromatic heterocycles. The minimum absolute atomic E-state index is 0.0834. The number of carbonyl (C=O) groups is 1. The summed E-state index contributed by atoms with van der Waals surface area (Å²) in [7, 11) is -3.51. The SMILES string of the molecule is Cc1ccccc1-n1cc(CNC(=O)N2CC[C@H](CS(N)(=O)=O)C2)cn1. The van der Waals surface area contributed by atoms with Gasteiger partial charge in [-0.2, -0.15) is 5.10 Å². The molecule has 26 heavy (non-hydrogen) atoms. The summed E-state index contributed by atoms with van der Waals surface area (Å²) in [5.41, 5.74) is 3.00. The molecule has 1 aliphatic heterocycles. The van der Waals surface area contributed by atoms with Crippen molar-refractivity contribution in [2.75, 3.05) is 18.8 Å². The van der Waals surface area contributed by atoms with Crippen LogP contribution >= 0.6 is 0 Å². The van der Waals surface area contributed by atoms with Crippen molar-refractivity contribution in [1.82, 2.24) is 20.0 Å². The quantitative estimate of drug-likeness (QED) is 0.810. The van der Waals surface area contributed by atoms with E-state index in [4.69, 9.17) is 5.14 Å². The minimum Gasteiger partial charge on any atom is -0.334 e. The Kier molecular flexibility index (Phi) is 5.28. The van der Waals surface area contributed by atoms with Gasteiger partial charge in [0.05, 0.1) is 17.6 Å². The van der Waals surface area contributed by atoms with Crippen LogP contribution in [0.3, 0.4) is 0 Å². The molecule has 1 fully saturated rings. The molecule has 140 valence electrons. The smallest absolute Gasteiger partial charge is 0.317 e. The molecule has 0 bridgehead atoms. The Balaban J connectivity index is 1.54. The number of benzene rings is 1. The number of aromatic nitrogens is 2. The molecule has 3 rings (SSSR count). The van der Waals surface area contributed by atoms with Gasteiger partial charge in [0.1, 0.15) is 0 Å². The number of urea groups is 1. The van der Waals surface area contributed by atoms with Crippen molar-refractivity contribution >= 4 is 16.1 Å². The highest BCUT2D eigenvalue weighted by atomic mass is 32.2. The number of aryl methyl sites for hydroxylation is 1. The van der Waals surface area contributed by atoms with E-state index in [0.29, 0.717) is 26.1 Å². The molecule has 9 heteroatoms.